The molecule has 1 aliphatic rings. The summed E-state index contributed by atoms with van der Waals surface area (Å²) in [5.41, 5.74) is 0.794. The van der Waals surface area contributed by atoms with Gasteiger partial charge in [0.15, 0.2) is 0 Å². The van der Waals surface area contributed by atoms with Crippen LogP contribution in [0.3, 0.4) is 0 Å². The number of rotatable bonds is 2. The molecule has 1 unspecified atom stereocenters. The summed E-state index contributed by atoms with van der Waals surface area (Å²) in [7, 11) is 0. The van der Waals surface area contributed by atoms with Gasteiger partial charge in [0, 0.05) is 5.92 Å². The second kappa shape index (κ2) is 6.83. The van der Waals surface area contributed by atoms with Crippen LogP contribution in [0.5, 0.6) is 11.5 Å². The quantitative estimate of drug-likeness (QED) is 0.492. The number of nitrogens with zero attached hydrogens (tertiary/aromatic N) is 1. The van der Waals surface area contributed by atoms with Crippen LogP contribution < -0.4 is 0 Å². The van der Waals surface area contributed by atoms with Crippen LogP contribution in [0, 0.1) is 11.3 Å². The van der Waals surface area contributed by atoms with Gasteiger partial charge in [-0.2, -0.15) is 18.4 Å². The van der Waals surface area contributed by atoms with Crippen molar-refractivity contribution in [3.63, 3.8) is 0 Å². The van der Waals surface area contributed by atoms with E-state index in [1.807, 2.05) is 0 Å². The molecule has 3 nitrogen and oxygen atoms in total. The van der Waals surface area contributed by atoms with Gasteiger partial charge in [-0.25, -0.2) is 0 Å². The molecular formula is C21H11ClF3NO2S. The number of fused-ring (bicyclic) bond motifs is 1. The molecule has 1 aliphatic carbocycles. The number of aromatic hydroxyl groups is 2. The molecule has 3 aromatic rings. The Balaban J connectivity index is 2.02. The van der Waals surface area contributed by atoms with Gasteiger partial charge in [0.2, 0.25) is 0 Å². The number of benzene rings is 2. The smallest absolute Gasteiger partial charge is 0.417 e. The molecule has 29 heavy (non-hydrogen) atoms. The van der Waals surface area contributed by atoms with Gasteiger partial charge < -0.3 is 10.2 Å². The van der Waals surface area contributed by atoms with Gasteiger partial charge >= 0.3 is 6.18 Å². The van der Waals surface area contributed by atoms with E-state index in [0.717, 1.165) is 0 Å². The highest BCUT2D eigenvalue weighted by Crippen LogP contribution is 2.52. The molecule has 8 heteroatoms. The van der Waals surface area contributed by atoms with Gasteiger partial charge in [-0.05, 0) is 69.6 Å². The fraction of sp³-hybridized carbons (Fsp3) is 0.0952. The summed E-state index contributed by atoms with van der Waals surface area (Å²) < 4.78 is 40.9. The molecule has 0 bridgehead atoms. The first-order valence-electron chi connectivity index (χ1n) is 8.32. The van der Waals surface area contributed by atoms with E-state index in [9.17, 15) is 28.6 Å². The van der Waals surface area contributed by atoms with Crippen LogP contribution in [0.25, 0.3) is 11.6 Å². The Morgan fingerprint density at radius 2 is 1.83 bits per heavy atom. The molecule has 0 saturated heterocycles. The standard InChI is InChI=1S/C21H11ClF3NO2S/c22-17-5-10(1-2-18(17)28)13-8-14-15(6-11(27)7-16(14)21(23,24)25)20(13)12-3-4-29-19(12)9-26/h1-8,20,27-28H. The second-order valence-electron chi connectivity index (χ2n) is 6.51. The monoisotopic (exact) mass is 433 g/mol. The SMILES string of the molecule is N#Cc1sccc1C1C(c2ccc(O)c(Cl)c2)=Cc2c1cc(O)cc2C(F)(F)F. The maximum atomic E-state index is 13.6. The Morgan fingerprint density at radius 3 is 2.48 bits per heavy atom. The number of hydrogen-bond acceptors (Lipinski definition) is 4. The lowest BCUT2D eigenvalue weighted by atomic mass is 9.85. The Morgan fingerprint density at radius 1 is 1.07 bits per heavy atom. The molecule has 0 fully saturated rings. The van der Waals surface area contributed by atoms with Crippen molar-refractivity contribution >= 4 is 34.6 Å². The van der Waals surface area contributed by atoms with E-state index in [0.29, 0.717) is 27.6 Å². The zero-order chi connectivity index (χ0) is 20.9. The average molecular weight is 434 g/mol. The van der Waals surface area contributed by atoms with Crippen molar-refractivity contribution < 1.29 is 23.4 Å². The fourth-order valence-electron chi connectivity index (χ4n) is 3.61. The predicted octanol–water partition coefficient (Wildman–Crippen LogP) is 6.39. The highest BCUT2D eigenvalue weighted by molar-refractivity contribution is 7.10. The first-order valence-corrected chi connectivity index (χ1v) is 9.58. The number of allylic oxidation sites excluding steroid dienone is 1. The van der Waals surface area contributed by atoms with E-state index < -0.39 is 23.4 Å². The molecule has 2 aromatic carbocycles. The minimum atomic E-state index is -4.67. The third-order valence-electron chi connectivity index (χ3n) is 4.81. The molecule has 0 aliphatic heterocycles. The van der Waals surface area contributed by atoms with Crippen LogP contribution in [-0.4, -0.2) is 10.2 Å². The Kier molecular flexibility index (Phi) is 4.56. The largest absolute Gasteiger partial charge is 0.508 e. The Hall–Kier alpha value is -2.95. The molecular weight excluding hydrogens is 423 g/mol. The van der Waals surface area contributed by atoms with Gasteiger partial charge in [-0.15, -0.1) is 11.3 Å². The van der Waals surface area contributed by atoms with Crippen molar-refractivity contribution in [2.75, 3.05) is 0 Å². The highest BCUT2D eigenvalue weighted by Gasteiger charge is 2.39. The zero-order valence-electron chi connectivity index (χ0n) is 14.5. The van der Waals surface area contributed by atoms with Crippen LogP contribution in [0.4, 0.5) is 13.2 Å². The summed E-state index contributed by atoms with van der Waals surface area (Å²) in [5, 5.41) is 30.9. The van der Waals surface area contributed by atoms with E-state index in [-0.39, 0.29) is 21.9 Å². The number of phenols is 2. The maximum absolute atomic E-state index is 13.6. The minimum Gasteiger partial charge on any atom is -0.508 e. The molecule has 1 atom stereocenters. The third kappa shape index (κ3) is 3.24. The topological polar surface area (TPSA) is 64.2 Å². The van der Waals surface area contributed by atoms with Gasteiger partial charge in [0.05, 0.1) is 10.6 Å². The number of alkyl halides is 3. The lowest BCUT2D eigenvalue weighted by molar-refractivity contribution is -0.137. The summed E-state index contributed by atoms with van der Waals surface area (Å²) in [6.07, 6.45) is -3.26. The van der Waals surface area contributed by atoms with E-state index >= 15 is 0 Å². The van der Waals surface area contributed by atoms with Gasteiger partial charge in [0.25, 0.3) is 0 Å². The van der Waals surface area contributed by atoms with E-state index in [4.69, 9.17) is 11.6 Å². The highest BCUT2D eigenvalue weighted by atomic mass is 35.5. The van der Waals surface area contributed by atoms with Crippen LogP contribution in [0.15, 0.2) is 41.8 Å². The van der Waals surface area contributed by atoms with Crippen LogP contribution >= 0.6 is 22.9 Å². The predicted molar refractivity (Wildman–Crippen MR) is 105 cm³/mol. The summed E-state index contributed by atoms with van der Waals surface area (Å²) in [5.74, 6) is -1.35. The second-order valence-corrected chi connectivity index (χ2v) is 7.83. The molecule has 0 radical (unpaired) electrons. The molecule has 1 heterocycles. The molecule has 0 saturated carbocycles. The fourth-order valence-corrected chi connectivity index (χ4v) is 4.52. The van der Waals surface area contributed by atoms with Crippen molar-refractivity contribution in [2.24, 2.45) is 0 Å². The number of halogens is 4. The molecule has 0 amide bonds. The number of phenolic OH excluding ortho intramolecular Hbond substituents is 2. The van der Waals surface area contributed by atoms with E-state index in [1.54, 1.807) is 17.5 Å². The molecule has 146 valence electrons. The summed E-state index contributed by atoms with van der Waals surface area (Å²) >= 11 is 7.21. The van der Waals surface area contributed by atoms with Gasteiger partial charge in [-0.3, -0.25) is 0 Å². The van der Waals surface area contributed by atoms with E-state index in [2.05, 4.69) is 6.07 Å². The number of hydrogen-bond donors (Lipinski definition) is 2. The van der Waals surface area contributed by atoms with Crippen LogP contribution in [-0.2, 0) is 6.18 Å². The molecule has 2 N–H and O–H groups in total. The molecule has 4 rings (SSSR count). The Labute approximate surface area is 172 Å². The molecule has 0 spiro atoms. The van der Waals surface area contributed by atoms with Crippen molar-refractivity contribution in [1.82, 2.24) is 0 Å². The van der Waals surface area contributed by atoms with Crippen molar-refractivity contribution in [2.45, 2.75) is 12.1 Å². The lowest BCUT2D eigenvalue weighted by Gasteiger charge is -2.19. The normalized spacial score (nSPS) is 15.7. The summed E-state index contributed by atoms with van der Waals surface area (Å²) in [6, 6.07) is 10.1. The third-order valence-corrected chi connectivity index (χ3v) is 5.95. The van der Waals surface area contributed by atoms with Crippen molar-refractivity contribution in [3.8, 4) is 17.6 Å². The number of nitriles is 1. The van der Waals surface area contributed by atoms with Crippen molar-refractivity contribution in [3.05, 3.63) is 79.5 Å². The van der Waals surface area contributed by atoms with Gasteiger partial charge in [0.1, 0.15) is 22.4 Å². The Bertz CT molecular complexity index is 1210. The summed E-state index contributed by atoms with van der Waals surface area (Å²) in [4.78, 5) is 0.371. The first-order chi connectivity index (χ1) is 13.7. The van der Waals surface area contributed by atoms with Crippen LogP contribution in [0.2, 0.25) is 5.02 Å². The number of thiophene rings is 1. The maximum Gasteiger partial charge on any atom is 0.417 e. The first kappa shape index (κ1) is 19.4. The minimum absolute atomic E-state index is 0.0582. The van der Waals surface area contributed by atoms with Crippen molar-refractivity contribution in [1.29, 1.82) is 5.26 Å². The molecule has 1 aromatic heterocycles. The van der Waals surface area contributed by atoms with Gasteiger partial charge in [-0.1, -0.05) is 17.7 Å². The van der Waals surface area contributed by atoms with E-state index in [1.165, 1.54) is 35.6 Å². The average Bonchev–Trinajstić information content (AvgIpc) is 3.26. The lowest BCUT2D eigenvalue weighted by Crippen LogP contribution is -2.09. The summed E-state index contributed by atoms with van der Waals surface area (Å²) in [6.45, 7) is 0. The zero-order valence-corrected chi connectivity index (χ0v) is 16.0. The van der Waals surface area contributed by atoms with Crippen LogP contribution in [0.1, 0.15) is 38.6 Å².